The summed E-state index contributed by atoms with van der Waals surface area (Å²) in [7, 11) is -3.89. The van der Waals surface area contributed by atoms with Crippen LogP contribution in [-0.2, 0) is 21.4 Å². The standard InChI is InChI=1S/C22H20N2O4S/c1-16-22(25)23-20-14-19(12-13-21(20)28-16)29(26,27)24(18-10-6-3-7-11-18)15-17-8-4-2-5-9-17/h2-14,16H,15H2,1H3,(H,23,25). The van der Waals surface area contributed by atoms with Crippen molar-refractivity contribution < 1.29 is 17.9 Å². The van der Waals surface area contributed by atoms with Crippen molar-refractivity contribution in [2.75, 3.05) is 9.62 Å². The summed E-state index contributed by atoms with van der Waals surface area (Å²) in [5, 5.41) is 2.70. The van der Waals surface area contributed by atoms with Crippen molar-refractivity contribution in [1.82, 2.24) is 0 Å². The fourth-order valence-corrected chi connectivity index (χ4v) is 4.61. The molecular formula is C22H20N2O4S. The molecule has 3 aromatic rings. The normalized spacial score (nSPS) is 15.8. The second-order valence-corrected chi connectivity index (χ2v) is 8.60. The predicted octanol–water partition coefficient (Wildman–Crippen LogP) is 3.80. The number of nitrogens with zero attached hydrogens (tertiary/aromatic N) is 1. The highest BCUT2D eigenvalue weighted by molar-refractivity contribution is 7.92. The summed E-state index contributed by atoms with van der Waals surface area (Å²) in [4.78, 5) is 12.0. The summed E-state index contributed by atoms with van der Waals surface area (Å²) in [6.45, 7) is 1.82. The second-order valence-electron chi connectivity index (χ2n) is 6.74. The van der Waals surface area contributed by atoms with Crippen LogP contribution in [0.15, 0.2) is 83.8 Å². The summed E-state index contributed by atoms with van der Waals surface area (Å²) in [5.74, 6) is 0.140. The summed E-state index contributed by atoms with van der Waals surface area (Å²) in [6.07, 6.45) is -0.621. The van der Waals surface area contributed by atoms with E-state index in [2.05, 4.69) is 5.32 Å². The van der Waals surface area contributed by atoms with Gasteiger partial charge in [-0.3, -0.25) is 9.10 Å². The van der Waals surface area contributed by atoms with Crippen molar-refractivity contribution in [1.29, 1.82) is 0 Å². The number of anilines is 2. The van der Waals surface area contributed by atoms with Crippen molar-refractivity contribution in [3.63, 3.8) is 0 Å². The van der Waals surface area contributed by atoms with Gasteiger partial charge in [0.1, 0.15) is 5.75 Å². The van der Waals surface area contributed by atoms with Crippen LogP contribution in [0.25, 0.3) is 0 Å². The highest BCUT2D eigenvalue weighted by Gasteiger charge is 2.29. The summed E-state index contributed by atoms with van der Waals surface area (Å²) < 4.78 is 34.0. The van der Waals surface area contributed by atoms with Crippen molar-refractivity contribution >= 4 is 27.3 Å². The molecule has 1 unspecified atom stereocenters. The number of hydrogen-bond donors (Lipinski definition) is 1. The Labute approximate surface area is 169 Å². The number of fused-ring (bicyclic) bond motifs is 1. The number of carbonyl (C=O) groups excluding carboxylic acids is 1. The first kappa shape index (κ1) is 19.0. The Balaban J connectivity index is 1.76. The van der Waals surface area contributed by atoms with E-state index >= 15 is 0 Å². The number of sulfonamides is 1. The number of benzene rings is 3. The van der Waals surface area contributed by atoms with Crippen LogP contribution in [0.2, 0.25) is 0 Å². The van der Waals surface area contributed by atoms with E-state index in [0.29, 0.717) is 17.1 Å². The lowest BCUT2D eigenvalue weighted by Crippen LogP contribution is -2.35. The van der Waals surface area contributed by atoms with Gasteiger partial charge in [0.25, 0.3) is 15.9 Å². The van der Waals surface area contributed by atoms with Crippen LogP contribution in [0.4, 0.5) is 11.4 Å². The van der Waals surface area contributed by atoms with E-state index in [1.807, 2.05) is 36.4 Å². The molecule has 0 radical (unpaired) electrons. The number of rotatable bonds is 5. The van der Waals surface area contributed by atoms with E-state index in [1.165, 1.54) is 16.4 Å². The molecule has 0 fully saturated rings. The minimum Gasteiger partial charge on any atom is -0.479 e. The monoisotopic (exact) mass is 408 g/mol. The molecule has 1 N–H and O–H groups in total. The average molecular weight is 408 g/mol. The fourth-order valence-electron chi connectivity index (χ4n) is 3.13. The Kier molecular flexibility index (Phi) is 4.98. The third-order valence-corrected chi connectivity index (χ3v) is 6.45. The van der Waals surface area contributed by atoms with Gasteiger partial charge in [0, 0.05) is 0 Å². The maximum atomic E-state index is 13.5. The molecule has 4 rings (SSSR count). The Hall–Kier alpha value is -3.32. The minimum atomic E-state index is -3.89. The molecule has 1 aliphatic rings. The molecule has 29 heavy (non-hydrogen) atoms. The molecule has 1 aliphatic heterocycles. The van der Waals surface area contributed by atoms with Gasteiger partial charge in [-0.25, -0.2) is 8.42 Å². The third-order valence-electron chi connectivity index (χ3n) is 4.68. The number of nitrogens with one attached hydrogen (secondary N) is 1. The number of amides is 1. The first-order chi connectivity index (χ1) is 13.9. The van der Waals surface area contributed by atoms with E-state index in [1.54, 1.807) is 37.3 Å². The molecule has 1 heterocycles. The Morgan fingerprint density at radius 3 is 2.31 bits per heavy atom. The molecule has 0 saturated heterocycles. The Morgan fingerprint density at radius 1 is 0.966 bits per heavy atom. The van der Waals surface area contributed by atoms with Gasteiger partial charge in [0.05, 0.1) is 22.8 Å². The molecule has 148 valence electrons. The van der Waals surface area contributed by atoms with Gasteiger partial charge < -0.3 is 10.1 Å². The smallest absolute Gasteiger partial charge is 0.265 e. The zero-order valence-corrected chi connectivity index (χ0v) is 16.6. The van der Waals surface area contributed by atoms with Crippen LogP contribution in [0, 0.1) is 0 Å². The quantitative estimate of drug-likeness (QED) is 0.697. The van der Waals surface area contributed by atoms with Crippen LogP contribution < -0.4 is 14.4 Å². The first-order valence-corrected chi connectivity index (χ1v) is 10.6. The number of hydrogen-bond acceptors (Lipinski definition) is 4. The topological polar surface area (TPSA) is 75.7 Å². The highest BCUT2D eigenvalue weighted by Crippen LogP contribution is 2.34. The van der Waals surface area contributed by atoms with Gasteiger partial charge in [-0.2, -0.15) is 0 Å². The van der Waals surface area contributed by atoms with Gasteiger partial charge >= 0.3 is 0 Å². The molecule has 1 amide bonds. The molecule has 0 aliphatic carbocycles. The van der Waals surface area contributed by atoms with Crippen molar-refractivity contribution in [3.8, 4) is 5.75 Å². The van der Waals surface area contributed by atoms with E-state index in [4.69, 9.17) is 4.74 Å². The van der Waals surface area contributed by atoms with E-state index < -0.39 is 16.1 Å². The lowest BCUT2D eigenvalue weighted by molar-refractivity contribution is -0.122. The molecule has 6 nitrogen and oxygen atoms in total. The first-order valence-electron chi connectivity index (χ1n) is 9.18. The highest BCUT2D eigenvalue weighted by atomic mass is 32.2. The predicted molar refractivity (Wildman–Crippen MR) is 111 cm³/mol. The van der Waals surface area contributed by atoms with Crippen LogP contribution >= 0.6 is 0 Å². The van der Waals surface area contributed by atoms with E-state index in [0.717, 1.165) is 5.56 Å². The van der Waals surface area contributed by atoms with Crippen LogP contribution in [0.1, 0.15) is 12.5 Å². The Morgan fingerprint density at radius 2 is 1.62 bits per heavy atom. The van der Waals surface area contributed by atoms with Crippen LogP contribution in [-0.4, -0.2) is 20.4 Å². The van der Waals surface area contributed by atoms with Gasteiger partial charge in [0.2, 0.25) is 0 Å². The largest absolute Gasteiger partial charge is 0.479 e. The maximum absolute atomic E-state index is 13.5. The number of para-hydroxylation sites is 1. The number of carbonyl (C=O) groups is 1. The second kappa shape index (κ2) is 7.60. The molecule has 0 aromatic heterocycles. The molecule has 0 bridgehead atoms. The molecular weight excluding hydrogens is 388 g/mol. The SMILES string of the molecule is CC1Oc2ccc(S(=O)(=O)N(Cc3ccccc3)c3ccccc3)cc2NC1=O. The molecule has 3 aromatic carbocycles. The Bertz CT molecular complexity index is 1130. The minimum absolute atomic E-state index is 0.0782. The van der Waals surface area contributed by atoms with Crippen molar-refractivity contribution in [2.45, 2.75) is 24.5 Å². The zero-order valence-electron chi connectivity index (χ0n) is 15.8. The zero-order chi connectivity index (χ0) is 20.4. The van der Waals surface area contributed by atoms with Crippen molar-refractivity contribution in [3.05, 3.63) is 84.4 Å². The lowest BCUT2D eigenvalue weighted by atomic mass is 10.2. The van der Waals surface area contributed by atoms with Gasteiger partial charge in [-0.1, -0.05) is 48.5 Å². The number of ether oxygens (including phenoxy) is 1. The van der Waals surface area contributed by atoms with E-state index in [9.17, 15) is 13.2 Å². The summed E-state index contributed by atoms with van der Waals surface area (Å²) >= 11 is 0. The molecule has 7 heteroatoms. The molecule has 1 atom stereocenters. The van der Waals surface area contributed by atoms with Gasteiger partial charge in [-0.15, -0.1) is 0 Å². The average Bonchev–Trinajstić information content (AvgIpc) is 2.74. The fraction of sp³-hybridized carbons (Fsp3) is 0.136. The summed E-state index contributed by atoms with van der Waals surface area (Å²) in [5.41, 5.74) is 1.77. The van der Waals surface area contributed by atoms with Crippen LogP contribution in [0.5, 0.6) is 5.75 Å². The third kappa shape index (κ3) is 3.82. The van der Waals surface area contributed by atoms with Gasteiger partial charge in [-0.05, 0) is 42.8 Å². The molecule has 0 saturated carbocycles. The van der Waals surface area contributed by atoms with Crippen molar-refractivity contribution in [2.24, 2.45) is 0 Å². The van der Waals surface area contributed by atoms with Crippen LogP contribution in [0.3, 0.4) is 0 Å². The van der Waals surface area contributed by atoms with Gasteiger partial charge in [0.15, 0.2) is 6.10 Å². The lowest BCUT2D eigenvalue weighted by Gasteiger charge is -2.27. The summed E-state index contributed by atoms with van der Waals surface area (Å²) in [6, 6.07) is 22.9. The maximum Gasteiger partial charge on any atom is 0.265 e. The van der Waals surface area contributed by atoms with E-state index in [-0.39, 0.29) is 17.3 Å². The molecule has 0 spiro atoms.